The summed E-state index contributed by atoms with van der Waals surface area (Å²) in [5.74, 6) is -2.01. The second-order valence-electron chi connectivity index (χ2n) is 6.80. The number of aryl methyl sites for hydroxylation is 1. The molecule has 13 heteroatoms. The maximum atomic E-state index is 14.1. The molecule has 0 aliphatic carbocycles. The molecule has 0 saturated heterocycles. The number of carbonyl (C=O) groups excluding carboxylic acids is 1. The summed E-state index contributed by atoms with van der Waals surface area (Å²) in [6, 6.07) is 3.72. The van der Waals surface area contributed by atoms with E-state index in [9.17, 15) is 31.1 Å². The van der Waals surface area contributed by atoms with Gasteiger partial charge in [0.05, 0.1) is 23.6 Å². The molecule has 3 aromatic rings. The molecule has 1 atom stereocenters. The van der Waals surface area contributed by atoms with E-state index in [-0.39, 0.29) is 16.8 Å². The Labute approximate surface area is 176 Å². The van der Waals surface area contributed by atoms with Crippen LogP contribution < -0.4 is 10.1 Å². The van der Waals surface area contributed by atoms with Gasteiger partial charge in [-0.05, 0) is 24.6 Å². The van der Waals surface area contributed by atoms with Crippen LogP contribution in [0.5, 0.6) is 5.88 Å². The zero-order valence-electron chi connectivity index (χ0n) is 15.9. The van der Waals surface area contributed by atoms with Gasteiger partial charge < -0.3 is 10.1 Å². The summed E-state index contributed by atoms with van der Waals surface area (Å²) < 4.78 is 83.2. The molecule has 1 amide bonds. The van der Waals surface area contributed by atoms with Crippen molar-refractivity contribution < 1.29 is 35.9 Å². The molecule has 0 fully saturated rings. The highest BCUT2D eigenvalue weighted by molar-refractivity contribution is 5.94. The second-order valence-corrected chi connectivity index (χ2v) is 6.80. The van der Waals surface area contributed by atoms with Crippen LogP contribution in [0.2, 0.25) is 0 Å². The molecule has 1 N–H and O–H groups in total. The lowest BCUT2D eigenvalue weighted by Gasteiger charge is -2.12. The summed E-state index contributed by atoms with van der Waals surface area (Å²) in [7, 11) is 0. The number of amides is 1. The van der Waals surface area contributed by atoms with Gasteiger partial charge in [0, 0.05) is 29.9 Å². The average molecular weight is 457 g/mol. The summed E-state index contributed by atoms with van der Waals surface area (Å²) in [5, 5.41) is 6.83. The predicted molar refractivity (Wildman–Crippen MR) is 96.1 cm³/mol. The Morgan fingerprint density at radius 1 is 1.22 bits per heavy atom. The number of hydrogen-bond donors (Lipinski definition) is 1. The number of pyridine rings is 2. The number of alkyl halides is 5. The lowest BCUT2D eigenvalue weighted by atomic mass is 10.1. The molecule has 7 nitrogen and oxygen atoms in total. The Bertz CT molecular complexity index is 1160. The number of aromatic nitrogens is 4. The van der Waals surface area contributed by atoms with E-state index >= 15 is 0 Å². The highest BCUT2D eigenvalue weighted by Gasteiger charge is 2.34. The van der Waals surface area contributed by atoms with Crippen LogP contribution >= 0.6 is 0 Å². The first kappa shape index (κ1) is 21.6. The monoisotopic (exact) mass is 457 g/mol. The lowest BCUT2D eigenvalue weighted by Crippen LogP contribution is -2.27. The Kier molecular flexibility index (Phi) is 5.48. The van der Waals surface area contributed by atoms with Gasteiger partial charge in [-0.15, -0.1) is 0 Å². The van der Waals surface area contributed by atoms with E-state index in [1.165, 1.54) is 16.8 Å². The third kappa shape index (κ3) is 4.36. The molecular formula is C19H13F6N5O2. The zero-order chi connectivity index (χ0) is 23.0. The standard InChI is InChI=1S/C19H13F6N5O2/c20-11-8-27-15(19(23,24)25)6-10(11)13-7-14-12(2-4-30(14)29-13)28-17(31)9-1-3-26-16(5-9)32-18(21)22/h1,3,5-8,12,18H,2,4H2,(H,28,31)/t12-/m0/s1. The third-order valence-electron chi connectivity index (χ3n) is 4.73. The van der Waals surface area contributed by atoms with Gasteiger partial charge in [-0.1, -0.05) is 0 Å². The second kappa shape index (κ2) is 8.13. The van der Waals surface area contributed by atoms with Crippen LogP contribution in [0.15, 0.2) is 36.7 Å². The molecule has 1 aliphatic heterocycles. The first-order valence-corrected chi connectivity index (χ1v) is 9.14. The largest absolute Gasteiger partial charge is 0.433 e. The van der Waals surface area contributed by atoms with Crippen LogP contribution in [-0.4, -0.2) is 32.3 Å². The topological polar surface area (TPSA) is 81.9 Å². The van der Waals surface area contributed by atoms with Crippen molar-refractivity contribution >= 4 is 5.91 Å². The fourth-order valence-corrected chi connectivity index (χ4v) is 3.31. The Hall–Kier alpha value is -3.64. The van der Waals surface area contributed by atoms with Gasteiger partial charge in [-0.3, -0.25) is 9.48 Å². The molecular weight excluding hydrogens is 444 g/mol. The van der Waals surface area contributed by atoms with E-state index < -0.39 is 42.1 Å². The molecule has 32 heavy (non-hydrogen) atoms. The number of halogens is 6. The first-order valence-electron chi connectivity index (χ1n) is 9.14. The van der Waals surface area contributed by atoms with Crippen molar-refractivity contribution in [3.63, 3.8) is 0 Å². The number of hydrogen-bond acceptors (Lipinski definition) is 5. The quantitative estimate of drug-likeness (QED) is 0.587. The molecule has 4 rings (SSSR count). The zero-order valence-corrected chi connectivity index (χ0v) is 15.9. The lowest BCUT2D eigenvalue weighted by molar-refractivity contribution is -0.141. The number of carbonyl (C=O) groups is 1. The van der Waals surface area contributed by atoms with Crippen LogP contribution in [0, 0.1) is 5.82 Å². The smallest absolute Gasteiger partial charge is 0.417 e. The van der Waals surface area contributed by atoms with Crippen molar-refractivity contribution in [3.8, 4) is 17.1 Å². The van der Waals surface area contributed by atoms with Crippen LogP contribution in [0.4, 0.5) is 26.3 Å². The van der Waals surface area contributed by atoms with Crippen molar-refractivity contribution in [3.05, 3.63) is 59.4 Å². The fraction of sp³-hybridized carbons (Fsp3) is 0.263. The predicted octanol–water partition coefficient (Wildman–Crippen LogP) is 3.97. The number of fused-ring (bicyclic) bond motifs is 1. The molecule has 0 saturated carbocycles. The van der Waals surface area contributed by atoms with E-state index in [0.29, 0.717) is 30.9 Å². The van der Waals surface area contributed by atoms with Crippen LogP contribution in [0.3, 0.4) is 0 Å². The van der Waals surface area contributed by atoms with Gasteiger partial charge in [-0.2, -0.15) is 27.1 Å². The Balaban J connectivity index is 1.56. The number of rotatable bonds is 5. The number of nitrogens with zero attached hydrogens (tertiary/aromatic N) is 4. The van der Waals surface area contributed by atoms with E-state index in [1.807, 2.05) is 0 Å². The highest BCUT2D eigenvalue weighted by Crippen LogP contribution is 2.34. The molecule has 0 radical (unpaired) electrons. The van der Waals surface area contributed by atoms with Gasteiger partial charge in [0.15, 0.2) is 5.82 Å². The van der Waals surface area contributed by atoms with Crippen molar-refractivity contribution in [1.82, 2.24) is 25.1 Å². The van der Waals surface area contributed by atoms with Crippen LogP contribution in [0.1, 0.15) is 34.2 Å². The molecule has 1 aliphatic rings. The fourth-order valence-electron chi connectivity index (χ4n) is 3.31. The Morgan fingerprint density at radius 3 is 2.72 bits per heavy atom. The van der Waals surface area contributed by atoms with E-state index in [0.717, 1.165) is 12.3 Å². The molecule has 0 bridgehead atoms. The molecule has 0 spiro atoms. The summed E-state index contributed by atoms with van der Waals surface area (Å²) in [6.07, 6.45) is -2.72. The van der Waals surface area contributed by atoms with Gasteiger partial charge >= 0.3 is 12.8 Å². The van der Waals surface area contributed by atoms with Crippen molar-refractivity contribution in [2.24, 2.45) is 0 Å². The summed E-state index contributed by atoms with van der Waals surface area (Å²) in [6.45, 7) is -2.77. The molecule has 3 aromatic heterocycles. The number of nitrogens with one attached hydrogen (secondary N) is 1. The maximum absolute atomic E-state index is 14.1. The Morgan fingerprint density at radius 2 is 2.00 bits per heavy atom. The van der Waals surface area contributed by atoms with Crippen molar-refractivity contribution in [2.75, 3.05) is 0 Å². The van der Waals surface area contributed by atoms with Crippen molar-refractivity contribution in [2.45, 2.75) is 31.8 Å². The maximum Gasteiger partial charge on any atom is 0.433 e. The van der Waals surface area contributed by atoms with E-state index in [2.05, 4.69) is 25.1 Å². The summed E-state index contributed by atoms with van der Waals surface area (Å²) in [5.41, 5.74) is -1.20. The molecule has 0 unspecified atom stereocenters. The van der Waals surface area contributed by atoms with Crippen LogP contribution in [-0.2, 0) is 12.7 Å². The number of ether oxygens (including phenoxy) is 1. The average Bonchev–Trinajstić information content (AvgIpc) is 3.29. The van der Waals surface area contributed by atoms with Crippen molar-refractivity contribution in [1.29, 1.82) is 0 Å². The SMILES string of the molecule is O=C(N[C@H]1CCn2nc(-c3cc(C(F)(F)F)ncc3F)cc21)c1ccnc(OC(F)F)c1. The first-order chi connectivity index (χ1) is 15.1. The third-order valence-corrected chi connectivity index (χ3v) is 4.73. The summed E-state index contributed by atoms with van der Waals surface area (Å²) >= 11 is 0. The van der Waals surface area contributed by atoms with E-state index in [1.54, 1.807) is 0 Å². The van der Waals surface area contributed by atoms with Gasteiger partial charge in [0.25, 0.3) is 5.91 Å². The van der Waals surface area contributed by atoms with Gasteiger partial charge in [-0.25, -0.2) is 14.4 Å². The minimum Gasteiger partial charge on any atom is -0.417 e. The minimum atomic E-state index is -4.75. The summed E-state index contributed by atoms with van der Waals surface area (Å²) in [4.78, 5) is 19.2. The molecule has 0 aromatic carbocycles. The molecule has 168 valence electrons. The van der Waals surface area contributed by atoms with Gasteiger partial charge in [0.1, 0.15) is 5.69 Å². The molecule has 4 heterocycles. The van der Waals surface area contributed by atoms with Gasteiger partial charge in [0.2, 0.25) is 5.88 Å². The normalized spacial score (nSPS) is 15.7. The van der Waals surface area contributed by atoms with Crippen LogP contribution in [0.25, 0.3) is 11.3 Å². The highest BCUT2D eigenvalue weighted by atomic mass is 19.4. The van der Waals surface area contributed by atoms with E-state index in [4.69, 9.17) is 0 Å². The minimum absolute atomic E-state index is 0.0174.